The average molecular weight is 154 g/mol. The molecule has 0 radical (unpaired) electrons. The first kappa shape index (κ1) is 8.51. The van der Waals surface area contributed by atoms with Crippen molar-refractivity contribution < 1.29 is 4.39 Å². The van der Waals surface area contributed by atoms with E-state index in [1.807, 2.05) is 19.1 Å². The fraction of sp³-hybridized carbons (Fsp3) is 0.600. The first-order chi connectivity index (χ1) is 5.24. The van der Waals surface area contributed by atoms with Crippen LogP contribution in [0.15, 0.2) is 23.8 Å². The summed E-state index contributed by atoms with van der Waals surface area (Å²) in [4.78, 5) is 0. The SMILES string of the molecule is CCCC1=CC(C)C(F)C=C1. The monoisotopic (exact) mass is 154 g/mol. The molecule has 0 fully saturated rings. The van der Waals surface area contributed by atoms with Crippen LogP contribution in [0, 0.1) is 5.92 Å². The Morgan fingerprint density at radius 2 is 2.27 bits per heavy atom. The number of hydrogen-bond donors (Lipinski definition) is 0. The van der Waals surface area contributed by atoms with Gasteiger partial charge in [-0.25, -0.2) is 4.39 Å². The molecule has 0 amide bonds. The van der Waals surface area contributed by atoms with Gasteiger partial charge >= 0.3 is 0 Å². The molecule has 0 spiro atoms. The van der Waals surface area contributed by atoms with Crippen molar-refractivity contribution in [2.24, 2.45) is 5.92 Å². The van der Waals surface area contributed by atoms with Crippen LogP contribution in [0.5, 0.6) is 0 Å². The van der Waals surface area contributed by atoms with E-state index in [0.717, 1.165) is 12.8 Å². The van der Waals surface area contributed by atoms with Gasteiger partial charge in [0.25, 0.3) is 0 Å². The van der Waals surface area contributed by atoms with Gasteiger partial charge in [0, 0.05) is 5.92 Å². The fourth-order valence-corrected chi connectivity index (χ4v) is 1.33. The molecular formula is C10H15F. The Morgan fingerprint density at radius 3 is 2.82 bits per heavy atom. The lowest BCUT2D eigenvalue weighted by Crippen LogP contribution is -2.10. The van der Waals surface area contributed by atoms with Gasteiger partial charge in [-0.05, 0) is 12.5 Å². The van der Waals surface area contributed by atoms with Crippen molar-refractivity contribution in [3.05, 3.63) is 23.8 Å². The van der Waals surface area contributed by atoms with E-state index in [1.54, 1.807) is 6.08 Å². The topological polar surface area (TPSA) is 0 Å². The molecule has 0 nitrogen and oxygen atoms in total. The third-order valence-corrected chi connectivity index (χ3v) is 2.01. The molecule has 0 saturated heterocycles. The molecule has 0 bridgehead atoms. The van der Waals surface area contributed by atoms with Crippen LogP contribution in [0.4, 0.5) is 4.39 Å². The molecule has 62 valence electrons. The van der Waals surface area contributed by atoms with Crippen molar-refractivity contribution >= 4 is 0 Å². The molecule has 1 aliphatic carbocycles. The summed E-state index contributed by atoms with van der Waals surface area (Å²) in [6, 6.07) is 0. The van der Waals surface area contributed by atoms with E-state index in [2.05, 4.69) is 6.92 Å². The zero-order valence-corrected chi connectivity index (χ0v) is 7.18. The maximum absolute atomic E-state index is 12.9. The van der Waals surface area contributed by atoms with Crippen molar-refractivity contribution in [1.82, 2.24) is 0 Å². The minimum Gasteiger partial charge on any atom is -0.242 e. The van der Waals surface area contributed by atoms with Gasteiger partial charge in [-0.1, -0.05) is 38.0 Å². The highest BCUT2D eigenvalue weighted by atomic mass is 19.1. The van der Waals surface area contributed by atoms with Gasteiger partial charge in [-0.3, -0.25) is 0 Å². The van der Waals surface area contributed by atoms with Gasteiger partial charge in [0.1, 0.15) is 6.17 Å². The number of hydrogen-bond acceptors (Lipinski definition) is 0. The van der Waals surface area contributed by atoms with E-state index in [9.17, 15) is 4.39 Å². The smallest absolute Gasteiger partial charge is 0.125 e. The van der Waals surface area contributed by atoms with Crippen LogP contribution < -0.4 is 0 Å². The normalized spacial score (nSPS) is 30.3. The van der Waals surface area contributed by atoms with Crippen LogP contribution in [-0.2, 0) is 0 Å². The van der Waals surface area contributed by atoms with Crippen molar-refractivity contribution in [1.29, 1.82) is 0 Å². The lowest BCUT2D eigenvalue weighted by atomic mass is 9.94. The Bertz CT molecular complexity index is 179. The van der Waals surface area contributed by atoms with Gasteiger partial charge in [0.05, 0.1) is 0 Å². The van der Waals surface area contributed by atoms with Gasteiger partial charge in [-0.2, -0.15) is 0 Å². The molecule has 0 aliphatic heterocycles. The summed E-state index contributed by atoms with van der Waals surface area (Å²) < 4.78 is 12.9. The van der Waals surface area contributed by atoms with Gasteiger partial charge in [0.15, 0.2) is 0 Å². The van der Waals surface area contributed by atoms with E-state index in [0.29, 0.717) is 0 Å². The predicted molar refractivity (Wildman–Crippen MR) is 46.2 cm³/mol. The van der Waals surface area contributed by atoms with Crippen LogP contribution in [0.25, 0.3) is 0 Å². The van der Waals surface area contributed by atoms with Gasteiger partial charge in [-0.15, -0.1) is 0 Å². The molecule has 0 aromatic heterocycles. The van der Waals surface area contributed by atoms with Crippen molar-refractivity contribution in [2.75, 3.05) is 0 Å². The molecule has 0 aromatic rings. The molecule has 1 aliphatic rings. The molecule has 11 heavy (non-hydrogen) atoms. The van der Waals surface area contributed by atoms with Crippen LogP contribution in [0.1, 0.15) is 26.7 Å². The molecular weight excluding hydrogens is 139 g/mol. The van der Waals surface area contributed by atoms with E-state index in [4.69, 9.17) is 0 Å². The number of allylic oxidation sites excluding steroid dienone is 4. The van der Waals surface area contributed by atoms with Crippen LogP contribution in [-0.4, -0.2) is 6.17 Å². The predicted octanol–water partition coefficient (Wildman–Crippen LogP) is 3.26. The number of rotatable bonds is 2. The summed E-state index contributed by atoms with van der Waals surface area (Å²) in [5.41, 5.74) is 1.29. The quantitative estimate of drug-likeness (QED) is 0.572. The molecule has 0 aromatic carbocycles. The largest absolute Gasteiger partial charge is 0.242 e. The van der Waals surface area contributed by atoms with E-state index >= 15 is 0 Å². The van der Waals surface area contributed by atoms with Crippen LogP contribution >= 0.6 is 0 Å². The van der Waals surface area contributed by atoms with Crippen molar-refractivity contribution in [3.63, 3.8) is 0 Å². The molecule has 2 unspecified atom stereocenters. The van der Waals surface area contributed by atoms with Gasteiger partial charge < -0.3 is 0 Å². The molecule has 1 rings (SSSR count). The molecule has 2 atom stereocenters. The minimum absolute atomic E-state index is 0.0709. The van der Waals surface area contributed by atoms with E-state index < -0.39 is 6.17 Å². The lowest BCUT2D eigenvalue weighted by molar-refractivity contribution is 0.332. The van der Waals surface area contributed by atoms with E-state index in [1.165, 1.54) is 5.57 Å². The highest BCUT2D eigenvalue weighted by Crippen LogP contribution is 2.21. The first-order valence-corrected chi connectivity index (χ1v) is 4.27. The van der Waals surface area contributed by atoms with Crippen molar-refractivity contribution in [3.8, 4) is 0 Å². The summed E-state index contributed by atoms with van der Waals surface area (Å²) in [6.45, 7) is 4.06. The molecule has 1 heteroatoms. The third-order valence-electron chi connectivity index (χ3n) is 2.01. The molecule has 0 heterocycles. The van der Waals surface area contributed by atoms with Crippen LogP contribution in [0.3, 0.4) is 0 Å². The summed E-state index contributed by atoms with van der Waals surface area (Å²) in [5, 5.41) is 0. The Hall–Kier alpha value is -0.590. The maximum atomic E-state index is 12.9. The maximum Gasteiger partial charge on any atom is 0.125 e. The zero-order valence-electron chi connectivity index (χ0n) is 7.18. The van der Waals surface area contributed by atoms with Crippen molar-refractivity contribution in [2.45, 2.75) is 32.9 Å². The summed E-state index contributed by atoms with van der Waals surface area (Å²) in [5.74, 6) is 0.0709. The molecule has 0 saturated carbocycles. The highest BCUT2D eigenvalue weighted by molar-refractivity contribution is 5.25. The minimum atomic E-state index is -0.768. The Balaban J connectivity index is 2.57. The Morgan fingerprint density at radius 1 is 1.55 bits per heavy atom. The second kappa shape index (κ2) is 3.70. The Kier molecular flexibility index (Phi) is 2.86. The summed E-state index contributed by atoms with van der Waals surface area (Å²) >= 11 is 0. The highest BCUT2D eigenvalue weighted by Gasteiger charge is 2.14. The standard InChI is InChI=1S/C10H15F/c1-3-4-9-5-6-10(11)8(2)7-9/h5-8,10H,3-4H2,1-2H3. The lowest BCUT2D eigenvalue weighted by Gasteiger charge is -2.15. The number of halogens is 1. The summed E-state index contributed by atoms with van der Waals surface area (Å²) in [6.07, 6.45) is 7.06. The molecule has 0 N–H and O–H groups in total. The van der Waals surface area contributed by atoms with E-state index in [-0.39, 0.29) is 5.92 Å². The summed E-state index contributed by atoms with van der Waals surface area (Å²) in [7, 11) is 0. The second-order valence-electron chi connectivity index (χ2n) is 3.15. The third kappa shape index (κ3) is 2.18. The first-order valence-electron chi connectivity index (χ1n) is 4.27. The number of alkyl halides is 1. The second-order valence-corrected chi connectivity index (χ2v) is 3.15. The Labute approximate surface area is 67.8 Å². The zero-order chi connectivity index (χ0) is 8.27. The fourth-order valence-electron chi connectivity index (χ4n) is 1.33. The van der Waals surface area contributed by atoms with Gasteiger partial charge in [0.2, 0.25) is 0 Å². The van der Waals surface area contributed by atoms with Crippen LogP contribution in [0.2, 0.25) is 0 Å². The average Bonchev–Trinajstić information content (AvgIpc) is 1.98.